The maximum absolute atomic E-state index is 5.90. The lowest BCUT2D eigenvalue weighted by atomic mass is 10.3. The Bertz CT molecular complexity index is 767. The summed E-state index contributed by atoms with van der Waals surface area (Å²) in [5, 5.41) is 0. The Labute approximate surface area is 130 Å². The maximum atomic E-state index is 5.90. The highest BCUT2D eigenvalue weighted by Crippen LogP contribution is 2.23. The molecule has 0 saturated heterocycles. The van der Waals surface area contributed by atoms with Crippen LogP contribution in [0, 0.1) is 6.92 Å². The molecule has 0 unspecified atom stereocenters. The molecular weight excluding hydrogens is 338 g/mol. The minimum atomic E-state index is 0.538. The van der Waals surface area contributed by atoms with E-state index in [2.05, 4.69) is 42.6 Å². The van der Waals surface area contributed by atoms with Crippen LogP contribution in [0.4, 0.5) is 0 Å². The van der Waals surface area contributed by atoms with Crippen molar-refractivity contribution < 1.29 is 0 Å². The first-order chi connectivity index (χ1) is 9.69. The van der Waals surface area contributed by atoms with Crippen LogP contribution in [-0.2, 0) is 6.42 Å². The summed E-state index contributed by atoms with van der Waals surface area (Å²) < 4.78 is 3.10. The quantitative estimate of drug-likeness (QED) is 0.660. The van der Waals surface area contributed by atoms with Crippen LogP contribution in [0.25, 0.3) is 16.9 Å². The molecule has 2 aromatic heterocycles. The van der Waals surface area contributed by atoms with Crippen LogP contribution in [0.15, 0.2) is 41.0 Å². The third-order valence-electron chi connectivity index (χ3n) is 3.09. The minimum absolute atomic E-state index is 0.538. The molecule has 2 heterocycles. The topological polar surface area (TPSA) is 30.7 Å². The lowest BCUT2D eigenvalue weighted by molar-refractivity contribution is 0.905. The molecule has 20 heavy (non-hydrogen) atoms. The van der Waals surface area contributed by atoms with E-state index in [9.17, 15) is 0 Å². The van der Waals surface area contributed by atoms with E-state index in [1.807, 2.05) is 31.3 Å². The van der Waals surface area contributed by atoms with Crippen molar-refractivity contribution in [2.75, 3.05) is 5.88 Å². The summed E-state index contributed by atoms with van der Waals surface area (Å²) in [5.74, 6) is 1.47. The van der Waals surface area contributed by atoms with Crippen molar-refractivity contribution in [1.82, 2.24) is 14.5 Å². The van der Waals surface area contributed by atoms with Crippen LogP contribution in [0.1, 0.15) is 11.4 Å². The molecule has 0 radical (unpaired) electrons. The Hall–Kier alpha value is -1.39. The Morgan fingerprint density at radius 1 is 1.30 bits per heavy atom. The number of rotatable bonds is 3. The lowest BCUT2D eigenvalue weighted by Crippen LogP contribution is -2.02. The number of nitrogens with zero attached hydrogens (tertiary/aromatic N) is 3. The molecule has 0 aliphatic heterocycles. The van der Waals surface area contributed by atoms with Crippen LogP contribution in [-0.4, -0.2) is 20.4 Å². The first kappa shape index (κ1) is 13.6. The molecule has 3 nitrogen and oxygen atoms in total. The SMILES string of the molecule is Cc1cnc2c(c1)nc(CCCl)n2-c1cccc(Br)c1. The van der Waals surface area contributed by atoms with Crippen molar-refractivity contribution in [3.63, 3.8) is 0 Å². The molecule has 3 aromatic rings. The fourth-order valence-electron chi connectivity index (χ4n) is 2.25. The number of imidazole rings is 1. The molecule has 0 amide bonds. The highest BCUT2D eigenvalue weighted by molar-refractivity contribution is 9.10. The summed E-state index contributed by atoms with van der Waals surface area (Å²) in [6, 6.07) is 10.2. The summed E-state index contributed by atoms with van der Waals surface area (Å²) in [4.78, 5) is 9.20. The third kappa shape index (κ3) is 2.45. The number of halogens is 2. The molecule has 0 N–H and O–H groups in total. The van der Waals surface area contributed by atoms with E-state index in [-0.39, 0.29) is 0 Å². The molecule has 0 aliphatic carbocycles. The third-order valence-corrected chi connectivity index (χ3v) is 3.77. The molecule has 0 spiro atoms. The van der Waals surface area contributed by atoms with E-state index in [0.717, 1.165) is 32.7 Å². The van der Waals surface area contributed by atoms with Gasteiger partial charge in [0.05, 0.1) is 0 Å². The van der Waals surface area contributed by atoms with E-state index >= 15 is 0 Å². The van der Waals surface area contributed by atoms with Gasteiger partial charge in [0.15, 0.2) is 5.65 Å². The van der Waals surface area contributed by atoms with Crippen LogP contribution < -0.4 is 0 Å². The monoisotopic (exact) mass is 349 g/mol. The average Bonchev–Trinajstić information content (AvgIpc) is 2.76. The van der Waals surface area contributed by atoms with Gasteiger partial charge in [-0.15, -0.1) is 11.6 Å². The summed E-state index contributed by atoms with van der Waals surface area (Å²) in [6.07, 6.45) is 2.58. The van der Waals surface area contributed by atoms with Crippen molar-refractivity contribution in [1.29, 1.82) is 0 Å². The van der Waals surface area contributed by atoms with Crippen LogP contribution in [0.2, 0.25) is 0 Å². The van der Waals surface area contributed by atoms with E-state index in [1.165, 1.54) is 0 Å². The fraction of sp³-hybridized carbons (Fsp3) is 0.200. The number of fused-ring (bicyclic) bond motifs is 1. The second-order valence-corrected chi connectivity index (χ2v) is 5.93. The second-order valence-electron chi connectivity index (χ2n) is 4.64. The number of aromatic nitrogens is 3. The number of aryl methyl sites for hydroxylation is 2. The normalized spacial score (nSPS) is 11.2. The molecule has 102 valence electrons. The smallest absolute Gasteiger partial charge is 0.164 e. The zero-order valence-electron chi connectivity index (χ0n) is 11.0. The van der Waals surface area contributed by atoms with Gasteiger partial charge in [-0.3, -0.25) is 4.57 Å². The zero-order chi connectivity index (χ0) is 14.1. The summed E-state index contributed by atoms with van der Waals surface area (Å²) in [6.45, 7) is 2.02. The Kier molecular flexibility index (Phi) is 3.76. The summed E-state index contributed by atoms with van der Waals surface area (Å²) in [7, 11) is 0. The molecule has 5 heteroatoms. The van der Waals surface area contributed by atoms with Crippen molar-refractivity contribution in [2.45, 2.75) is 13.3 Å². The molecule has 0 fully saturated rings. The zero-order valence-corrected chi connectivity index (χ0v) is 13.3. The van der Waals surface area contributed by atoms with Gasteiger partial charge < -0.3 is 0 Å². The van der Waals surface area contributed by atoms with E-state index in [1.54, 1.807) is 0 Å². The molecular formula is C15H13BrClN3. The van der Waals surface area contributed by atoms with Gasteiger partial charge in [0, 0.05) is 28.7 Å². The standard InChI is InChI=1S/C15H13BrClN3/c1-10-7-13-15(18-9-10)20(14(19-13)5-6-17)12-4-2-3-11(16)8-12/h2-4,7-9H,5-6H2,1H3. The van der Waals surface area contributed by atoms with Gasteiger partial charge in [-0.25, -0.2) is 9.97 Å². The molecule has 1 aromatic carbocycles. The number of hydrogen-bond donors (Lipinski definition) is 0. The van der Waals surface area contributed by atoms with Gasteiger partial charge in [-0.1, -0.05) is 22.0 Å². The van der Waals surface area contributed by atoms with Crippen molar-refractivity contribution in [2.24, 2.45) is 0 Å². The fourth-order valence-corrected chi connectivity index (χ4v) is 2.81. The summed E-state index contributed by atoms with van der Waals surface area (Å²) in [5.41, 5.74) is 3.92. The summed E-state index contributed by atoms with van der Waals surface area (Å²) >= 11 is 9.41. The number of benzene rings is 1. The average molecular weight is 351 g/mol. The minimum Gasteiger partial charge on any atom is -0.281 e. The van der Waals surface area contributed by atoms with Gasteiger partial charge >= 0.3 is 0 Å². The second kappa shape index (κ2) is 5.54. The van der Waals surface area contributed by atoms with E-state index < -0.39 is 0 Å². The van der Waals surface area contributed by atoms with Gasteiger partial charge in [0.2, 0.25) is 0 Å². The molecule has 0 saturated carbocycles. The predicted octanol–water partition coefficient (Wildman–Crippen LogP) is 4.27. The van der Waals surface area contributed by atoms with Gasteiger partial charge in [0.25, 0.3) is 0 Å². The Morgan fingerprint density at radius 3 is 2.90 bits per heavy atom. The van der Waals surface area contributed by atoms with Crippen LogP contribution in [0.3, 0.4) is 0 Å². The van der Waals surface area contributed by atoms with Gasteiger partial charge in [-0.05, 0) is 36.8 Å². The van der Waals surface area contributed by atoms with Gasteiger partial charge in [-0.2, -0.15) is 0 Å². The van der Waals surface area contributed by atoms with Crippen molar-refractivity contribution in [3.8, 4) is 5.69 Å². The first-order valence-electron chi connectivity index (χ1n) is 6.35. The molecule has 3 rings (SSSR count). The number of hydrogen-bond acceptors (Lipinski definition) is 2. The predicted molar refractivity (Wildman–Crippen MR) is 85.7 cm³/mol. The number of alkyl halides is 1. The highest BCUT2D eigenvalue weighted by atomic mass is 79.9. The first-order valence-corrected chi connectivity index (χ1v) is 7.67. The highest BCUT2D eigenvalue weighted by Gasteiger charge is 2.13. The van der Waals surface area contributed by atoms with Crippen LogP contribution >= 0.6 is 27.5 Å². The molecule has 0 bridgehead atoms. The van der Waals surface area contributed by atoms with Crippen molar-refractivity contribution in [3.05, 3.63) is 52.4 Å². The largest absolute Gasteiger partial charge is 0.281 e. The van der Waals surface area contributed by atoms with Crippen LogP contribution in [0.5, 0.6) is 0 Å². The molecule has 0 aliphatic rings. The van der Waals surface area contributed by atoms with Crippen molar-refractivity contribution >= 4 is 38.7 Å². The number of pyridine rings is 1. The Balaban J connectivity index is 2.28. The van der Waals surface area contributed by atoms with E-state index in [0.29, 0.717) is 12.3 Å². The van der Waals surface area contributed by atoms with Gasteiger partial charge in [0.1, 0.15) is 11.3 Å². The van der Waals surface area contributed by atoms with E-state index in [4.69, 9.17) is 11.6 Å². The molecule has 0 atom stereocenters. The maximum Gasteiger partial charge on any atom is 0.164 e. The lowest BCUT2D eigenvalue weighted by Gasteiger charge is -2.08. The Morgan fingerprint density at radius 2 is 2.15 bits per heavy atom.